The molecule has 1 aromatic heterocycles. The van der Waals surface area contributed by atoms with Gasteiger partial charge in [-0.15, -0.1) is 0 Å². The molecule has 0 bridgehead atoms. The van der Waals surface area contributed by atoms with Gasteiger partial charge in [0.25, 0.3) is 0 Å². The first kappa shape index (κ1) is 15.4. The van der Waals surface area contributed by atoms with Crippen molar-refractivity contribution in [2.75, 3.05) is 7.11 Å². The summed E-state index contributed by atoms with van der Waals surface area (Å²) in [5, 5.41) is 2.19. The van der Waals surface area contributed by atoms with Crippen molar-refractivity contribution >= 4 is 45.7 Å². The largest absolute Gasteiger partial charge is 0.493 e. The maximum Gasteiger partial charge on any atom is 0.163 e. The number of nitrogens with zero attached hydrogens (tertiary/aromatic N) is 1. The molecule has 2 aromatic carbocycles. The third kappa shape index (κ3) is 2.74. The quantitative estimate of drug-likeness (QED) is 0.556. The molecule has 0 N–H and O–H groups in total. The number of hydrogen-bond acceptors (Lipinski definition) is 2. The predicted molar refractivity (Wildman–Crippen MR) is 92.6 cm³/mol. The van der Waals surface area contributed by atoms with E-state index in [-0.39, 0.29) is 0 Å². The molecule has 0 saturated heterocycles. The van der Waals surface area contributed by atoms with Crippen LogP contribution in [-0.2, 0) is 6.42 Å². The van der Waals surface area contributed by atoms with E-state index in [1.165, 1.54) is 0 Å². The predicted octanol–water partition coefficient (Wildman–Crippen LogP) is 5.79. The second-order valence-electron chi connectivity index (χ2n) is 4.83. The molecule has 3 rings (SSSR count). The van der Waals surface area contributed by atoms with Crippen molar-refractivity contribution in [2.24, 2.45) is 0 Å². The lowest BCUT2D eigenvalue weighted by atomic mass is 10.0. The molecule has 0 fully saturated rings. The first-order valence-electron chi connectivity index (χ1n) is 6.66. The Labute approximate surface area is 143 Å². The average molecular weight is 353 g/mol. The van der Waals surface area contributed by atoms with Crippen molar-refractivity contribution in [2.45, 2.75) is 6.42 Å². The van der Waals surface area contributed by atoms with E-state index in [0.29, 0.717) is 32.9 Å². The summed E-state index contributed by atoms with van der Waals surface area (Å²) in [5.74, 6) is 0.481. The van der Waals surface area contributed by atoms with Crippen LogP contribution >= 0.6 is 34.8 Å². The molecular weight excluding hydrogens is 341 g/mol. The third-order valence-electron chi connectivity index (χ3n) is 3.47. The average Bonchev–Trinajstić information content (AvgIpc) is 2.52. The highest BCUT2D eigenvalue weighted by Gasteiger charge is 2.17. The fraction of sp³-hybridized carbons (Fsp3) is 0.118. The van der Waals surface area contributed by atoms with Crippen LogP contribution in [0.4, 0.5) is 0 Å². The van der Waals surface area contributed by atoms with Crippen molar-refractivity contribution in [1.82, 2.24) is 4.98 Å². The van der Waals surface area contributed by atoms with Gasteiger partial charge in [-0.1, -0.05) is 65.1 Å². The van der Waals surface area contributed by atoms with Crippen LogP contribution in [0.2, 0.25) is 15.2 Å². The van der Waals surface area contributed by atoms with Gasteiger partial charge in [0.2, 0.25) is 0 Å². The summed E-state index contributed by atoms with van der Waals surface area (Å²) in [6.45, 7) is 0. The second-order valence-corrected chi connectivity index (χ2v) is 5.98. The van der Waals surface area contributed by atoms with E-state index >= 15 is 0 Å². The highest BCUT2D eigenvalue weighted by atomic mass is 35.5. The standard InChI is InChI=1S/C17H12Cl3NO/c1-22-16-13(18)8-7-11-14(19)12(17(20)21-15(11)16)9-10-5-3-2-4-6-10/h2-8H,9H2,1H3. The maximum absolute atomic E-state index is 6.55. The van der Waals surface area contributed by atoms with Crippen LogP contribution in [0.1, 0.15) is 11.1 Å². The van der Waals surface area contributed by atoms with E-state index in [2.05, 4.69) is 4.98 Å². The van der Waals surface area contributed by atoms with Crippen LogP contribution in [0.5, 0.6) is 5.75 Å². The molecule has 22 heavy (non-hydrogen) atoms. The first-order chi connectivity index (χ1) is 10.6. The summed E-state index contributed by atoms with van der Waals surface area (Å²) < 4.78 is 5.31. The molecule has 0 saturated carbocycles. The van der Waals surface area contributed by atoms with E-state index in [1.54, 1.807) is 13.2 Å². The Morgan fingerprint density at radius 3 is 2.41 bits per heavy atom. The SMILES string of the molecule is COc1c(Cl)ccc2c(Cl)c(Cc3ccccc3)c(Cl)nc12. The molecule has 1 heterocycles. The van der Waals surface area contributed by atoms with Crippen molar-refractivity contribution in [3.8, 4) is 5.75 Å². The maximum atomic E-state index is 6.55. The fourth-order valence-corrected chi connectivity index (χ4v) is 3.23. The van der Waals surface area contributed by atoms with Gasteiger partial charge in [0.05, 0.1) is 17.2 Å². The van der Waals surface area contributed by atoms with Crippen LogP contribution in [0, 0.1) is 0 Å². The minimum absolute atomic E-state index is 0.363. The lowest BCUT2D eigenvalue weighted by molar-refractivity contribution is 0.419. The highest BCUT2D eigenvalue weighted by molar-refractivity contribution is 6.40. The molecule has 0 atom stereocenters. The van der Waals surface area contributed by atoms with Crippen molar-refractivity contribution in [1.29, 1.82) is 0 Å². The van der Waals surface area contributed by atoms with Crippen LogP contribution in [-0.4, -0.2) is 12.1 Å². The second kappa shape index (κ2) is 6.33. The zero-order chi connectivity index (χ0) is 15.7. The molecule has 3 aromatic rings. The van der Waals surface area contributed by atoms with Crippen molar-refractivity contribution in [3.05, 3.63) is 68.8 Å². The van der Waals surface area contributed by atoms with Gasteiger partial charge in [-0.3, -0.25) is 0 Å². The molecular formula is C17H12Cl3NO. The van der Waals surface area contributed by atoms with E-state index in [1.807, 2.05) is 36.4 Å². The molecule has 5 heteroatoms. The summed E-state index contributed by atoms with van der Waals surface area (Å²) in [5.41, 5.74) is 2.49. The van der Waals surface area contributed by atoms with E-state index in [0.717, 1.165) is 16.5 Å². The Balaban J connectivity index is 2.19. The summed E-state index contributed by atoms with van der Waals surface area (Å²) in [6.07, 6.45) is 0.617. The number of ether oxygens (including phenoxy) is 1. The molecule has 2 nitrogen and oxygen atoms in total. The Bertz CT molecular complexity index is 834. The lowest BCUT2D eigenvalue weighted by Gasteiger charge is -2.13. The van der Waals surface area contributed by atoms with Crippen LogP contribution in [0.25, 0.3) is 10.9 Å². The van der Waals surface area contributed by atoms with Crippen LogP contribution in [0.3, 0.4) is 0 Å². The molecule has 0 radical (unpaired) electrons. The number of pyridine rings is 1. The molecule has 112 valence electrons. The minimum Gasteiger partial charge on any atom is -0.493 e. The number of fused-ring (bicyclic) bond motifs is 1. The lowest BCUT2D eigenvalue weighted by Crippen LogP contribution is -1.97. The Hall–Kier alpha value is -1.48. The number of methoxy groups -OCH3 is 1. The Kier molecular flexibility index (Phi) is 4.44. The van der Waals surface area contributed by atoms with Gasteiger partial charge in [0.15, 0.2) is 5.75 Å². The number of benzene rings is 2. The first-order valence-corrected chi connectivity index (χ1v) is 7.79. The van der Waals surface area contributed by atoms with Crippen molar-refractivity contribution in [3.63, 3.8) is 0 Å². The van der Waals surface area contributed by atoms with Gasteiger partial charge in [-0.25, -0.2) is 4.98 Å². The third-order valence-corrected chi connectivity index (χ3v) is 4.51. The molecule has 0 amide bonds. The van der Waals surface area contributed by atoms with Gasteiger partial charge >= 0.3 is 0 Å². The summed E-state index contributed by atoms with van der Waals surface area (Å²) in [7, 11) is 1.54. The number of aromatic nitrogens is 1. The molecule has 0 aliphatic carbocycles. The normalized spacial score (nSPS) is 10.9. The monoisotopic (exact) mass is 351 g/mol. The fourth-order valence-electron chi connectivity index (χ4n) is 2.40. The Morgan fingerprint density at radius 1 is 1.00 bits per heavy atom. The number of hydrogen-bond donors (Lipinski definition) is 0. The topological polar surface area (TPSA) is 22.1 Å². The molecule has 0 unspecified atom stereocenters. The van der Waals surface area contributed by atoms with Gasteiger partial charge in [-0.05, 0) is 17.7 Å². The summed E-state index contributed by atoms with van der Waals surface area (Å²) in [4.78, 5) is 4.44. The minimum atomic E-state index is 0.363. The van der Waals surface area contributed by atoms with Gasteiger partial charge in [0, 0.05) is 17.4 Å². The zero-order valence-electron chi connectivity index (χ0n) is 11.7. The Morgan fingerprint density at radius 2 is 1.73 bits per heavy atom. The van der Waals surface area contributed by atoms with Crippen LogP contribution in [0.15, 0.2) is 42.5 Å². The van der Waals surface area contributed by atoms with E-state index in [4.69, 9.17) is 39.5 Å². The van der Waals surface area contributed by atoms with Gasteiger partial charge in [-0.2, -0.15) is 0 Å². The number of rotatable bonds is 3. The van der Waals surface area contributed by atoms with E-state index < -0.39 is 0 Å². The number of halogens is 3. The highest BCUT2D eigenvalue weighted by Crippen LogP contribution is 2.39. The van der Waals surface area contributed by atoms with E-state index in [9.17, 15) is 0 Å². The molecule has 0 aliphatic rings. The van der Waals surface area contributed by atoms with Crippen molar-refractivity contribution < 1.29 is 4.74 Å². The van der Waals surface area contributed by atoms with Crippen LogP contribution < -0.4 is 4.74 Å². The molecule has 0 spiro atoms. The molecule has 0 aliphatic heterocycles. The zero-order valence-corrected chi connectivity index (χ0v) is 14.0. The summed E-state index contributed by atoms with van der Waals surface area (Å²) in [6, 6.07) is 13.6. The summed E-state index contributed by atoms with van der Waals surface area (Å²) >= 11 is 19.0. The van der Waals surface area contributed by atoms with Gasteiger partial charge < -0.3 is 4.74 Å². The smallest absolute Gasteiger partial charge is 0.163 e. The van der Waals surface area contributed by atoms with Gasteiger partial charge in [0.1, 0.15) is 10.7 Å².